The monoisotopic (exact) mass is 249 g/mol. The van der Waals surface area contributed by atoms with Crippen molar-refractivity contribution >= 4 is 5.69 Å². The highest BCUT2D eigenvalue weighted by Gasteiger charge is 2.24. The molecule has 0 spiro atoms. The molecular weight excluding hydrogens is 225 g/mol. The van der Waals surface area contributed by atoms with Gasteiger partial charge in [0.2, 0.25) is 0 Å². The topological polar surface area (TPSA) is 12.0 Å². The van der Waals surface area contributed by atoms with Crippen LogP contribution in [0.15, 0.2) is 18.2 Å². The third-order valence-electron chi connectivity index (χ3n) is 4.06. The highest BCUT2D eigenvalue weighted by atomic mass is 19.1. The number of hydrogen-bond donors (Lipinski definition) is 1. The molecule has 100 valence electrons. The molecule has 1 aromatic rings. The molecule has 1 aliphatic rings. The first-order valence-corrected chi connectivity index (χ1v) is 6.99. The Kier molecular flexibility index (Phi) is 3.94. The molecule has 0 amide bonds. The van der Waals surface area contributed by atoms with Gasteiger partial charge >= 0.3 is 0 Å². The largest absolute Gasteiger partial charge is 0.380 e. The predicted molar refractivity (Wildman–Crippen MR) is 75.4 cm³/mol. The first-order valence-electron chi connectivity index (χ1n) is 6.99. The SMILES string of the molecule is Cc1ccc(NC2CCCC(C)(C)CC2)c(F)c1. The molecular formula is C16H24FN. The molecule has 0 aromatic heterocycles. The number of halogens is 1. The Hall–Kier alpha value is -1.05. The van der Waals surface area contributed by atoms with E-state index in [0.717, 1.165) is 18.4 Å². The van der Waals surface area contributed by atoms with E-state index < -0.39 is 0 Å². The van der Waals surface area contributed by atoms with Crippen LogP contribution in [-0.2, 0) is 0 Å². The fourth-order valence-corrected chi connectivity index (χ4v) is 2.76. The van der Waals surface area contributed by atoms with Crippen molar-refractivity contribution in [2.75, 3.05) is 5.32 Å². The van der Waals surface area contributed by atoms with Gasteiger partial charge in [0.25, 0.3) is 0 Å². The summed E-state index contributed by atoms with van der Waals surface area (Å²) in [6.45, 7) is 6.59. The van der Waals surface area contributed by atoms with Crippen molar-refractivity contribution in [2.45, 2.75) is 58.9 Å². The Morgan fingerprint density at radius 2 is 2.00 bits per heavy atom. The minimum atomic E-state index is -0.126. The second-order valence-electron chi connectivity index (χ2n) is 6.42. The van der Waals surface area contributed by atoms with Crippen LogP contribution in [0.5, 0.6) is 0 Å². The first kappa shape index (κ1) is 13.4. The summed E-state index contributed by atoms with van der Waals surface area (Å²) in [6, 6.07) is 5.85. The van der Waals surface area contributed by atoms with Gasteiger partial charge in [-0.25, -0.2) is 4.39 Å². The molecule has 1 aromatic carbocycles. The van der Waals surface area contributed by atoms with E-state index in [1.165, 1.54) is 19.3 Å². The second-order valence-corrected chi connectivity index (χ2v) is 6.42. The molecule has 0 radical (unpaired) electrons. The van der Waals surface area contributed by atoms with Crippen LogP contribution >= 0.6 is 0 Å². The zero-order valence-electron chi connectivity index (χ0n) is 11.7. The van der Waals surface area contributed by atoms with Crippen molar-refractivity contribution in [3.63, 3.8) is 0 Å². The van der Waals surface area contributed by atoms with Crippen LogP contribution in [0.2, 0.25) is 0 Å². The lowest BCUT2D eigenvalue weighted by atomic mass is 9.85. The minimum absolute atomic E-state index is 0.126. The Bertz CT molecular complexity index is 412. The average Bonchev–Trinajstić information content (AvgIpc) is 2.44. The van der Waals surface area contributed by atoms with Crippen LogP contribution in [0.25, 0.3) is 0 Å². The van der Waals surface area contributed by atoms with Crippen molar-refractivity contribution < 1.29 is 4.39 Å². The maximum atomic E-state index is 13.8. The molecule has 0 heterocycles. The molecule has 1 nitrogen and oxygen atoms in total. The van der Waals surface area contributed by atoms with Crippen molar-refractivity contribution in [2.24, 2.45) is 5.41 Å². The van der Waals surface area contributed by atoms with E-state index in [1.807, 2.05) is 19.1 Å². The average molecular weight is 249 g/mol. The predicted octanol–water partition coefficient (Wildman–Crippen LogP) is 4.90. The molecule has 0 aliphatic heterocycles. The van der Waals surface area contributed by atoms with E-state index in [4.69, 9.17) is 0 Å². The smallest absolute Gasteiger partial charge is 0.146 e. The van der Waals surface area contributed by atoms with E-state index in [-0.39, 0.29) is 5.82 Å². The molecule has 2 heteroatoms. The van der Waals surface area contributed by atoms with Gasteiger partial charge in [-0.05, 0) is 55.7 Å². The summed E-state index contributed by atoms with van der Waals surface area (Å²) < 4.78 is 13.8. The first-order chi connectivity index (χ1) is 8.46. The van der Waals surface area contributed by atoms with Crippen molar-refractivity contribution in [3.05, 3.63) is 29.6 Å². The van der Waals surface area contributed by atoms with Crippen molar-refractivity contribution in [1.29, 1.82) is 0 Å². The lowest BCUT2D eigenvalue weighted by Gasteiger charge is -2.22. The van der Waals surface area contributed by atoms with Gasteiger partial charge < -0.3 is 5.32 Å². The van der Waals surface area contributed by atoms with Gasteiger partial charge in [-0.3, -0.25) is 0 Å². The summed E-state index contributed by atoms with van der Waals surface area (Å²) in [5.74, 6) is -0.126. The van der Waals surface area contributed by atoms with Gasteiger partial charge in [-0.1, -0.05) is 26.3 Å². The maximum Gasteiger partial charge on any atom is 0.146 e. The van der Waals surface area contributed by atoms with Crippen LogP contribution in [0.3, 0.4) is 0 Å². The summed E-state index contributed by atoms with van der Waals surface area (Å²) in [6.07, 6.45) is 6.02. The number of hydrogen-bond acceptors (Lipinski definition) is 1. The van der Waals surface area contributed by atoms with E-state index in [9.17, 15) is 4.39 Å². The third kappa shape index (κ3) is 3.47. The second kappa shape index (κ2) is 5.29. The molecule has 1 unspecified atom stereocenters. The Labute approximate surface area is 110 Å². The van der Waals surface area contributed by atoms with E-state index in [0.29, 0.717) is 17.1 Å². The van der Waals surface area contributed by atoms with Gasteiger partial charge in [0.1, 0.15) is 5.82 Å². The molecule has 18 heavy (non-hydrogen) atoms. The standard InChI is InChI=1S/C16H24FN/c1-12-6-7-15(14(17)11-12)18-13-5-4-9-16(2,3)10-8-13/h6-7,11,13,18H,4-5,8-10H2,1-3H3. The number of rotatable bonds is 2. The Morgan fingerprint density at radius 3 is 2.72 bits per heavy atom. The third-order valence-corrected chi connectivity index (χ3v) is 4.06. The van der Waals surface area contributed by atoms with Crippen molar-refractivity contribution in [3.8, 4) is 0 Å². The fourth-order valence-electron chi connectivity index (χ4n) is 2.76. The number of aryl methyl sites for hydroxylation is 1. The molecule has 1 N–H and O–H groups in total. The zero-order chi connectivity index (χ0) is 13.2. The fraction of sp³-hybridized carbons (Fsp3) is 0.625. The maximum absolute atomic E-state index is 13.8. The van der Waals surface area contributed by atoms with Crippen LogP contribution in [0.1, 0.15) is 51.5 Å². The minimum Gasteiger partial charge on any atom is -0.380 e. The lowest BCUT2D eigenvalue weighted by Crippen LogP contribution is -2.20. The van der Waals surface area contributed by atoms with Crippen LogP contribution < -0.4 is 5.32 Å². The molecule has 1 atom stereocenters. The number of benzene rings is 1. The van der Waals surface area contributed by atoms with E-state index >= 15 is 0 Å². The van der Waals surface area contributed by atoms with E-state index in [2.05, 4.69) is 19.2 Å². The molecule has 0 saturated heterocycles. The molecule has 0 bridgehead atoms. The molecule has 1 fully saturated rings. The molecule has 1 saturated carbocycles. The quantitative estimate of drug-likeness (QED) is 0.735. The van der Waals surface area contributed by atoms with Gasteiger partial charge in [0.05, 0.1) is 5.69 Å². The van der Waals surface area contributed by atoms with Crippen LogP contribution in [0.4, 0.5) is 10.1 Å². The van der Waals surface area contributed by atoms with Gasteiger partial charge in [0, 0.05) is 6.04 Å². The lowest BCUT2D eigenvalue weighted by molar-refractivity contribution is 0.313. The Morgan fingerprint density at radius 1 is 1.22 bits per heavy atom. The highest BCUT2D eigenvalue weighted by Crippen LogP contribution is 2.34. The van der Waals surface area contributed by atoms with Crippen LogP contribution in [-0.4, -0.2) is 6.04 Å². The summed E-state index contributed by atoms with van der Waals surface area (Å²) in [4.78, 5) is 0. The van der Waals surface area contributed by atoms with Gasteiger partial charge in [-0.2, -0.15) is 0 Å². The molecule has 2 rings (SSSR count). The van der Waals surface area contributed by atoms with Crippen LogP contribution in [0, 0.1) is 18.2 Å². The number of nitrogens with one attached hydrogen (secondary N) is 1. The summed E-state index contributed by atoms with van der Waals surface area (Å²) in [5.41, 5.74) is 2.08. The zero-order valence-corrected chi connectivity index (χ0v) is 11.7. The van der Waals surface area contributed by atoms with Gasteiger partial charge in [0.15, 0.2) is 0 Å². The highest BCUT2D eigenvalue weighted by molar-refractivity contribution is 5.46. The summed E-state index contributed by atoms with van der Waals surface area (Å²) in [7, 11) is 0. The van der Waals surface area contributed by atoms with Crippen molar-refractivity contribution in [1.82, 2.24) is 0 Å². The Balaban J connectivity index is 2.01. The van der Waals surface area contributed by atoms with Gasteiger partial charge in [-0.15, -0.1) is 0 Å². The van der Waals surface area contributed by atoms with E-state index in [1.54, 1.807) is 6.07 Å². The number of anilines is 1. The normalized spacial score (nSPS) is 23.4. The summed E-state index contributed by atoms with van der Waals surface area (Å²) >= 11 is 0. The molecule has 1 aliphatic carbocycles. The summed E-state index contributed by atoms with van der Waals surface area (Å²) in [5, 5.41) is 3.38.